The summed E-state index contributed by atoms with van der Waals surface area (Å²) in [6, 6.07) is 8.37. The SMILES string of the molecule is Cc1cnccc1-c1cccc2c1OCCC2CN. The van der Waals surface area contributed by atoms with E-state index >= 15 is 0 Å². The van der Waals surface area contributed by atoms with Crippen LogP contribution in [-0.2, 0) is 0 Å². The van der Waals surface area contributed by atoms with Crippen LogP contribution in [0.1, 0.15) is 23.5 Å². The molecule has 0 fully saturated rings. The van der Waals surface area contributed by atoms with Gasteiger partial charge in [0.05, 0.1) is 6.61 Å². The number of pyridine rings is 1. The van der Waals surface area contributed by atoms with Crippen molar-refractivity contribution < 1.29 is 4.74 Å². The van der Waals surface area contributed by atoms with E-state index in [9.17, 15) is 0 Å². The second kappa shape index (κ2) is 5.02. The van der Waals surface area contributed by atoms with E-state index in [1.807, 2.05) is 18.5 Å². The van der Waals surface area contributed by atoms with Crippen molar-refractivity contribution in [3.63, 3.8) is 0 Å². The largest absolute Gasteiger partial charge is 0.493 e. The Bertz CT molecular complexity index is 595. The van der Waals surface area contributed by atoms with Crippen molar-refractivity contribution in [2.24, 2.45) is 5.73 Å². The summed E-state index contributed by atoms with van der Waals surface area (Å²) in [4.78, 5) is 4.15. The number of nitrogens with two attached hydrogens (primary N) is 1. The summed E-state index contributed by atoms with van der Waals surface area (Å²) in [5.74, 6) is 1.41. The van der Waals surface area contributed by atoms with Gasteiger partial charge in [0.25, 0.3) is 0 Å². The van der Waals surface area contributed by atoms with Gasteiger partial charge in [-0.2, -0.15) is 0 Å². The van der Waals surface area contributed by atoms with Crippen molar-refractivity contribution in [3.8, 4) is 16.9 Å². The van der Waals surface area contributed by atoms with Crippen LogP contribution in [0.5, 0.6) is 5.75 Å². The van der Waals surface area contributed by atoms with Gasteiger partial charge in [0.15, 0.2) is 0 Å². The average molecular weight is 254 g/mol. The van der Waals surface area contributed by atoms with Crippen molar-refractivity contribution in [1.82, 2.24) is 4.98 Å². The van der Waals surface area contributed by atoms with Gasteiger partial charge in [0.2, 0.25) is 0 Å². The highest BCUT2D eigenvalue weighted by Gasteiger charge is 2.23. The standard InChI is InChI=1S/C16H18N2O/c1-11-10-18-7-5-13(11)15-4-2-3-14-12(9-17)6-8-19-16(14)15/h2-5,7,10,12H,6,8-9,17H2,1H3. The predicted octanol–water partition coefficient (Wildman–Crippen LogP) is 2.88. The molecule has 0 aliphatic carbocycles. The third kappa shape index (κ3) is 2.10. The quantitative estimate of drug-likeness (QED) is 0.896. The topological polar surface area (TPSA) is 48.1 Å². The third-order valence-corrected chi connectivity index (χ3v) is 3.79. The number of para-hydroxylation sites is 1. The molecular weight excluding hydrogens is 236 g/mol. The molecule has 1 aliphatic heterocycles. The molecule has 0 saturated carbocycles. The van der Waals surface area contributed by atoms with Gasteiger partial charge in [-0.1, -0.05) is 18.2 Å². The number of benzene rings is 1. The molecule has 1 atom stereocenters. The Labute approximate surface area is 113 Å². The first-order valence-corrected chi connectivity index (χ1v) is 6.68. The Balaban J connectivity index is 2.16. The van der Waals surface area contributed by atoms with Crippen molar-refractivity contribution in [3.05, 3.63) is 47.8 Å². The number of nitrogens with zero attached hydrogens (tertiary/aromatic N) is 1. The molecule has 1 aromatic carbocycles. The maximum Gasteiger partial charge on any atom is 0.130 e. The first-order valence-electron chi connectivity index (χ1n) is 6.68. The van der Waals surface area contributed by atoms with E-state index in [1.54, 1.807) is 0 Å². The lowest BCUT2D eigenvalue weighted by Gasteiger charge is -2.27. The molecule has 98 valence electrons. The zero-order valence-electron chi connectivity index (χ0n) is 11.1. The highest BCUT2D eigenvalue weighted by molar-refractivity contribution is 5.75. The van der Waals surface area contributed by atoms with Crippen LogP contribution < -0.4 is 10.5 Å². The van der Waals surface area contributed by atoms with Gasteiger partial charge in [0.1, 0.15) is 5.75 Å². The Morgan fingerprint density at radius 2 is 2.21 bits per heavy atom. The Hall–Kier alpha value is -1.87. The molecule has 0 bridgehead atoms. The summed E-state index contributed by atoms with van der Waals surface area (Å²) >= 11 is 0. The predicted molar refractivity (Wildman–Crippen MR) is 76.3 cm³/mol. The van der Waals surface area contributed by atoms with Crippen molar-refractivity contribution >= 4 is 0 Å². The summed E-state index contributed by atoms with van der Waals surface area (Å²) in [7, 11) is 0. The molecule has 3 heteroatoms. The minimum Gasteiger partial charge on any atom is -0.493 e. The minimum atomic E-state index is 0.408. The van der Waals surface area contributed by atoms with E-state index < -0.39 is 0 Å². The molecule has 1 aromatic heterocycles. The summed E-state index contributed by atoms with van der Waals surface area (Å²) < 4.78 is 5.92. The van der Waals surface area contributed by atoms with E-state index in [2.05, 4.69) is 30.1 Å². The molecule has 0 radical (unpaired) electrons. The fourth-order valence-corrected chi connectivity index (χ4v) is 2.73. The summed E-state index contributed by atoms with van der Waals surface area (Å²) in [6.07, 6.45) is 4.71. The van der Waals surface area contributed by atoms with Crippen molar-refractivity contribution in [1.29, 1.82) is 0 Å². The molecule has 2 aromatic rings. The van der Waals surface area contributed by atoms with E-state index in [0.717, 1.165) is 29.9 Å². The molecule has 19 heavy (non-hydrogen) atoms. The third-order valence-electron chi connectivity index (χ3n) is 3.79. The van der Waals surface area contributed by atoms with Crippen LogP contribution >= 0.6 is 0 Å². The van der Waals surface area contributed by atoms with Crippen LogP contribution in [0.4, 0.5) is 0 Å². The van der Waals surface area contributed by atoms with Crippen molar-refractivity contribution in [2.75, 3.05) is 13.2 Å². The first-order chi connectivity index (χ1) is 9.31. The summed E-state index contributed by atoms with van der Waals surface area (Å²) in [6.45, 7) is 3.50. The van der Waals surface area contributed by atoms with Gasteiger partial charge in [-0.25, -0.2) is 0 Å². The van der Waals surface area contributed by atoms with E-state index in [-0.39, 0.29) is 0 Å². The minimum absolute atomic E-state index is 0.408. The van der Waals surface area contributed by atoms with Crippen LogP contribution in [0.3, 0.4) is 0 Å². The van der Waals surface area contributed by atoms with Crippen LogP contribution in [-0.4, -0.2) is 18.1 Å². The fourth-order valence-electron chi connectivity index (χ4n) is 2.73. The Kier molecular flexibility index (Phi) is 3.22. The molecule has 1 aliphatic rings. The van der Waals surface area contributed by atoms with Gasteiger partial charge in [-0.15, -0.1) is 0 Å². The highest BCUT2D eigenvalue weighted by Crippen LogP contribution is 2.41. The Morgan fingerprint density at radius 1 is 1.32 bits per heavy atom. The molecule has 0 saturated heterocycles. The van der Waals surface area contributed by atoms with E-state index in [1.165, 1.54) is 11.1 Å². The highest BCUT2D eigenvalue weighted by atomic mass is 16.5. The normalized spacial score (nSPS) is 17.7. The van der Waals surface area contributed by atoms with Gasteiger partial charge >= 0.3 is 0 Å². The van der Waals surface area contributed by atoms with Crippen LogP contribution in [0.25, 0.3) is 11.1 Å². The number of fused-ring (bicyclic) bond motifs is 1. The summed E-state index contributed by atoms with van der Waals surface area (Å²) in [5.41, 5.74) is 10.6. The van der Waals surface area contributed by atoms with Gasteiger partial charge < -0.3 is 10.5 Å². The summed E-state index contributed by atoms with van der Waals surface area (Å²) in [5, 5.41) is 0. The van der Waals surface area contributed by atoms with Crippen LogP contribution in [0, 0.1) is 6.92 Å². The first kappa shape index (κ1) is 12.2. The fraction of sp³-hybridized carbons (Fsp3) is 0.312. The molecule has 3 nitrogen and oxygen atoms in total. The molecule has 0 amide bonds. The van der Waals surface area contributed by atoms with Crippen molar-refractivity contribution in [2.45, 2.75) is 19.3 Å². The number of rotatable bonds is 2. The zero-order chi connectivity index (χ0) is 13.2. The van der Waals surface area contributed by atoms with Crippen LogP contribution in [0.15, 0.2) is 36.7 Å². The number of hydrogen-bond donors (Lipinski definition) is 1. The lowest BCUT2D eigenvalue weighted by Crippen LogP contribution is -2.21. The number of aryl methyl sites for hydroxylation is 1. The number of hydrogen-bond acceptors (Lipinski definition) is 3. The molecule has 2 N–H and O–H groups in total. The average Bonchev–Trinajstić information content (AvgIpc) is 2.46. The molecule has 1 unspecified atom stereocenters. The van der Waals surface area contributed by atoms with Gasteiger partial charge in [-0.05, 0) is 42.6 Å². The van der Waals surface area contributed by atoms with E-state index in [0.29, 0.717) is 12.5 Å². The zero-order valence-corrected chi connectivity index (χ0v) is 11.1. The molecule has 2 heterocycles. The van der Waals surface area contributed by atoms with Crippen LogP contribution in [0.2, 0.25) is 0 Å². The smallest absolute Gasteiger partial charge is 0.130 e. The Morgan fingerprint density at radius 3 is 3.00 bits per heavy atom. The van der Waals surface area contributed by atoms with E-state index in [4.69, 9.17) is 10.5 Å². The molecule has 3 rings (SSSR count). The molecule has 0 spiro atoms. The maximum absolute atomic E-state index is 5.92. The number of ether oxygens (including phenoxy) is 1. The maximum atomic E-state index is 5.92. The number of aromatic nitrogens is 1. The van der Waals surface area contributed by atoms with Gasteiger partial charge in [-0.3, -0.25) is 4.98 Å². The monoisotopic (exact) mass is 254 g/mol. The second-order valence-electron chi connectivity index (χ2n) is 4.98. The second-order valence-corrected chi connectivity index (χ2v) is 4.98. The lowest BCUT2D eigenvalue weighted by atomic mass is 9.89. The van der Waals surface area contributed by atoms with Gasteiger partial charge in [0, 0.05) is 23.9 Å². The molecular formula is C16H18N2O. The lowest BCUT2D eigenvalue weighted by molar-refractivity contribution is 0.270.